The van der Waals surface area contributed by atoms with E-state index in [1.165, 1.54) is 37.7 Å². The lowest BCUT2D eigenvalue weighted by Gasteiger charge is -2.24. The Balaban J connectivity index is 1.86. The van der Waals surface area contributed by atoms with Gasteiger partial charge in [0.2, 0.25) is 0 Å². The van der Waals surface area contributed by atoms with Crippen LogP contribution in [0.5, 0.6) is 0 Å². The van der Waals surface area contributed by atoms with Crippen LogP contribution in [0.15, 0.2) is 18.2 Å². The predicted octanol–water partition coefficient (Wildman–Crippen LogP) is 4.03. The number of aryl methyl sites for hydroxylation is 1. The van der Waals surface area contributed by atoms with Crippen molar-refractivity contribution in [1.29, 1.82) is 0 Å². The molecule has 0 amide bonds. The largest absolute Gasteiger partial charge is 0.399 e. The summed E-state index contributed by atoms with van der Waals surface area (Å²) in [5.41, 5.74) is 9.22. The van der Waals surface area contributed by atoms with E-state index in [2.05, 4.69) is 26.0 Å². The van der Waals surface area contributed by atoms with Gasteiger partial charge < -0.3 is 10.5 Å². The Morgan fingerprint density at radius 2 is 2.00 bits per heavy atom. The van der Waals surface area contributed by atoms with Crippen LogP contribution < -0.4 is 5.73 Å². The Hall–Kier alpha value is -1.02. The van der Waals surface area contributed by atoms with Crippen LogP contribution in [0.25, 0.3) is 0 Å². The Morgan fingerprint density at radius 3 is 2.67 bits per heavy atom. The van der Waals surface area contributed by atoms with Gasteiger partial charge in [-0.05, 0) is 37.0 Å². The van der Waals surface area contributed by atoms with Gasteiger partial charge in [-0.25, -0.2) is 0 Å². The van der Waals surface area contributed by atoms with Gasteiger partial charge in [-0.3, -0.25) is 0 Å². The zero-order valence-electron chi connectivity index (χ0n) is 11.6. The van der Waals surface area contributed by atoms with Crippen molar-refractivity contribution >= 4 is 5.69 Å². The Labute approximate surface area is 111 Å². The third-order valence-corrected chi connectivity index (χ3v) is 4.00. The summed E-state index contributed by atoms with van der Waals surface area (Å²) in [4.78, 5) is 0. The highest BCUT2D eigenvalue weighted by molar-refractivity contribution is 5.48. The van der Waals surface area contributed by atoms with Crippen LogP contribution in [0.3, 0.4) is 0 Å². The molecule has 1 aliphatic rings. The minimum absolute atomic E-state index is 0.450. The van der Waals surface area contributed by atoms with Crippen molar-refractivity contribution in [3.05, 3.63) is 29.3 Å². The van der Waals surface area contributed by atoms with E-state index >= 15 is 0 Å². The normalized spacial score (nSPS) is 18.8. The number of benzene rings is 1. The molecule has 1 atom stereocenters. The van der Waals surface area contributed by atoms with Crippen molar-refractivity contribution in [2.75, 3.05) is 12.3 Å². The fourth-order valence-corrected chi connectivity index (χ4v) is 2.61. The Morgan fingerprint density at radius 1 is 1.28 bits per heavy atom. The van der Waals surface area contributed by atoms with Gasteiger partial charge in [0, 0.05) is 11.6 Å². The quantitative estimate of drug-likeness (QED) is 0.815. The molecular formula is C16H25NO. The molecule has 2 heteroatoms. The fourth-order valence-electron chi connectivity index (χ4n) is 2.61. The summed E-state index contributed by atoms with van der Waals surface area (Å²) < 4.78 is 6.04. The van der Waals surface area contributed by atoms with Gasteiger partial charge in [0.05, 0.1) is 12.7 Å². The highest BCUT2D eigenvalue weighted by Crippen LogP contribution is 2.24. The summed E-state index contributed by atoms with van der Waals surface area (Å²) in [6.45, 7) is 5.12. The molecule has 0 heterocycles. The van der Waals surface area contributed by atoms with Crippen LogP contribution >= 0.6 is 0 Å². The number of anilines is 1. The highest BCUT2D eigenvalue weighted by Gasteiger charge is 2.15. The Bertz CT molecular complexity index is 383. The number of nitrogens with two attached hydrogens (primary N) is 1. The average Bonchev–Trinajstić information content (AvgIpc) is 2.40. The molecule has 2 rings (SSSR count). The third kappa shape index (κ3) is 3.49. The maximum absolute atomic E-state index is 6.04. The van der Waals surface area contributed by atoms with Gasteiger partial charge in [-0.2, -0.15) is 0 Å². The van der Waals surface area contributed by atoms with E-state index in [9.17, 15) is 0 Å². The molecule has 1 saturated carbocycles. The van der Waals surface area contributed by atoms with Crippen LogP contribution in [-0.2, 0) is 4.74 Å². The molecule has 2 nitrogen and oxygen atoms in total. The molecular weight excluding hydrogens is 222 g/mol. The molecule has 1 aromatic carbocycles. The lowest BCUT2D eigenvalue weighted by molar-refractivity contribution is 0.0220. The highest BCUT2D eigenvalue weighted by atomic mass is 16.5. The standard InChI is InChI=1S/C16H25NO/c1-12-10-14(8-9-16(12)17)13(2)11-18-15-6-4-3-5-7-15/h8-10,13,15H,3-7,11,17H2,1-2H3. The molecule has 2 N–H and O–H groups in total. The first kappa shape index (κ1) is 13.4. The van der Waals surface area contributed by atoms with E-state index in [-0.39, 0.29) is 0 Å². The number of rotatable bonds is 4. The molecule has 0 spiro atoms. The van der Waals surface area contributed by atoms with E-state index in [0.29, 0.717) is 12.0 Å². The number of hydrogen-bond acceptors (Lipinski definition) is 2. The minimum atomic E-state index is 0.450. The minimum Gasteiger partial charge on any atom is -0.399 e. The van der Waals surface area contributed by atoms with Crippen LogP contribution in [0.2, 0.25) is 0 Å². The summed E-state index contributed by atoms with van der Waals surface area (Å²) in [7, 11) is 0. The second kappa shape index (κ2) is 6.24. The fraction of sp³-hybridized carbons (Fsp3) is 0.625. The smallest absolute Gasteiger partial charge is 0.0575 e. The second-order valence-electron chi connectivity index (χ2n) is 5.61. The Kier molecular flexibility index (Phi) is 4.65. The number of hydrogen-bond donors (Lipinski definition) is 1. The first-order valence-corrected chi connectivity index (χ1v) is 7.14. The van der Waals surface area contributed by atoms with Gasteiger partial charge in [0.15, 0.2) is 0 Å². The zero-order valence-corrected chi connectivity index (χ0v) is 11.6. The topological polar surface area (TPSA) is 35.2 Å². The van der Waals surface area contributed by atoms with Crippen LogP contribution in [0.1, 0.15) is 56.1 Å². The van der Waals surface area contributed by atoms with Gasteiger partial charge in [-0.15, -0.1) is 0 Å². The summed E-state index contributed by atoms with van der Waals surface area (Å²) in [5, 5.41) is 0. The van der Waals surface area contributed by atoms with Gasteiger partial charge in [0.25, 0.3) is 0 Å². The summed E-state index contributed by atoms with van der Waals surface area (Å²) in [6.07, 6.45) is 7.03. The first-order chi connectivity index (χ1) is 8.66. The van der Waals surface area contributed by atoms with Crippen molar-refractivity contribution < 1.29 is 4.74 Å². The molecule has 0 aliphatic heterocycles. The van der Waals surface area contributed by atoms with Crippen molar-refractivity contribution in [2.45, 2.75) is 58.0 Å². The van der Waals surface area contributed by atoms with Crippen molar-refractivity contribution in [3.8, 4) is 0 Å². The molecule has 1 fully saturated rings. The molecule has 0 bridgehead atoms. The van der Waals surface area contributed by atoms with Crippen LogP contribution in [0, 0.1) is 6.92 Å². The van der Waals surface area contributed by atoms with Crippen molar-refractivity contribution in [1.82, 2.24) is 0 Å². The van der Waals surface area contributed by atoms with Crippen LogP contribution in [-0.4, -0.2) is 12.7 Å². The van der Waals surface area contributed by atoms with Gasteiger partial charge in [-0.1, -0.05) is 38.3 Å². The maximum atomic E-state index is 6.04. The molecule has 0 saturated heterocycles. The van der Waals surface area contributed by atoms with E-state index < -0.39 is 0 Å². The lowest BCUT2D eigenvalue weighted by atomic mass is 9.96. The first-order valence-electron chi connectivity index (χ1n) is 7.14. The van der Waals surface area contributed by atoms with Crippen LogP contribution in [0.4, 0.5) is 5.69 Å². The van der Waals surface area contributed by atoms with Crippen molar-refractivity contribution in [2.24, 2.45) is 0 Å². The molecule has 1 unspecified atom stereocenters. The van der Waals surface area contributed by atoms with Crippen molar-refractivity contribution in [3.63, 3.8) is 0 Å². The second-order valence-corrected chi connectivity index (χ2v) is 5.61. The molecule has 1 aliphatic carbocycles. The van der Waals surface area contributed by atoms with Gasteiger partial charge in [0.1, 0.15) is 0 Å². The lowest BCUT2D eigenvalue weighted by Crippen LogP contribution is -2.19. The number of ether oxygens (including phenoxy) is 1. The molecule has 18 heavy (non-hydrogen) atoms. The number of nitrogen functional groups attached to an aromatic ring is 1. The third-order valence-electron chi connectivity index (χ3n) is 4.00. The van der Waals surface area contributed by atoms with E-state index in [1.807, 2.05) is 6.07 Å². The molecule has 0 radical (unpaired) electrons. The maximum Gasteiger partial charge on any atom is 0.0575 e. The van der Waals surface area contributed by atoms with E-state index in [1.54, 1.807) is 0 Å². The molecule has 0 aromatic heterocycles. The summed E-state index contributed by atoms with van der Waals surface area (Å²) in [6, 6.07) is 6.31. The molecule has 1 aromatic rings. The monoisotopic (exact) mass is 247 g/mol. The predicted molar refractivity (Wildman–Crippen MR) is 76.8 cm³/mol. The molecule has 100 valence electrons. The zero-order chi connectivity index (χ0) is 13.0. The summed E-state index contributed by atoms with van der Waals surface area (Å²) in [5.74, 6) is 0.450. The van der Waals surface area contributed by atoms with Gasteiger partial charge >= 0.3 is 0 Å². The SMILES string of the molecule is Cc1cc(C(C)COC2CCCCC2)ccc1N. The average molecular weight is 247 g/mol. The summed E-state index contributed by atoms with van der Waals surface area (Å²) >= 11 is 0. The van der Waals surface area contributed by atoms with E-state index in [4.69, 9.17) is 10.5 Å². The van der Waals surface area contributed by atoms with E-state index in [0.717, 1.165) is 17.9 Å².